The van der Waals surface area contributed by atoms with E-state index in [1.165, 1.54) is 11.7 Å². The second-order valence-electron chi connectivity index (χ2n) is 8.02. The highest BCUT2D eigenvalue weighted by molar-refractivity contribution is 7.07. The van der Waals surface area contributed by atoms with E-state index in [2.05, 4.69) is 5.32 Å². The Balaban J connectivity index is 1.71. The van der Waals surface area contributed by atoms with Crippen LogP contribution in [0.4, 0.5) is 5.69 Å². The number of benzene rings is 2. The number of rotatable bonds is 1. The van der Waals surface area contributed by atoms with Gasteiger partial charge in [-0.2, -0.15) is 0 Å². The maximum Gasteiger partial charge on any atom is 0.317 e. The second-order valence-corrected chi connectivity index (χ2v) is 8.99. The van der Waals surface area contributed by atoms with Crippen LogP contribution in [0, 0.1) is 5.92 Å². The van der Waals surface area contributed by atoms with Gasteiger partial charge in [-0.1, -0.05) is 47.7 Å². The third-order valence-corrected chi connectivity index (χ3v) is 7.26. The van der Waals surface area contributed by atoms with E-state index < -0.39 is 23.7 Å². The number of hydrogen-bond acceptors (Lipinski definition) is 7. The summed E-state index contributed by atoms with van der Waals surface area (Å²) in [6.07, 6.45) is 0. The van der Waals surface area contributed by atoms with Gasteiger partial charge in [-0.25, -0.2) is 4.99 Å². The van der Waals surface area contributed by atoms with Gasteiger partial charge in [0.05, 0.1) is 18.7 Å². The van der Waals surface area contributed by atoms with Crippen LogP contribution in [0.5, 0.6) is 5.75 Å². The lowest BCUT2D eigenvalue weighted by Crippen LogP contribution is -2.58. The molecule has 0 spiro atoms. The Bertz CT molecular complexity index is 1520. The number of para-hydroxylation sites is 2. The van der Waals surface area contributed by atoms with E-state index in [0.717, 1.165) is 11.3 Å². The molecule has 0 unspecified atom stereocenters. The van der Waals surface area contributed by atoms with E-state index in [1.807, 2.05) is 30.3 Å². The third kappa shape index (κ3) is 2.36. The summed E-state index contributed by atoms with van der Waals surface area (Å²) >= 11 is 1.13. The third-order valence-electron chi connectivity index (χ3n) is 6.21. The maximum atomic E-state index is 13.7. The van der Waals surface area contributed by atoms with Crippen molar-refractivity contribution in [3.63, 3.8) is 0 Å². The molecule has 3 aliphatic rings. The van der Waals surface area contributed by atoms with Crippen molar-refractivity contribution in [2.75, 3.05) is 12.4 Å². The van der Waals surface area contributed by atoms with Crippen molar-refractivity contribution in [3.05, 3.63) is 79.3 Å². The molecule has 3 aliphatic heterocycles. The average molecular weight is 447 g/mol. The quantitative estimate of drug-likeness (QED) is 0.565. The minimum absolute atomic E-state index is 0.281. The average Bonchev–Trinajstić information content (AvgIpc) is 3.27. The fraction of sp³-hybridized carbons (Fsp3) is 0.217. The van der Waals surface area contributed by atoms with Crippen LogP contribution in [0.25, 0.3) is 5.57 Å². The summed E-state index contributed by atoms with van der Waals surface area (Å²) in [5, 5.41) is 2.81. The van der Waals surface area contributed by atoms with Crippen LogP contribution in [0.1, 0.15) is 24.1 Å². The SMILES string of the molecule is COC(=O)[C@@H]1[C@H]2c3ccccc3O[C@@]1(C)N=c1s/c(=C3/C(=O)Nc4ccccc43)c(=O)n12. The smallest absolute Gasteiger partial charge is 0.317 e. The summed E-state index contributed by atoms with van der Waals surface area (Å²) in [6.45, 7) is 1.72. The van der Waals surface area contributed by atoms with Gasteiger partial charge in [0, 0.05) is 16.8 Å². The van der Waals surface area contributed by atoms with Crippen LogP contribution in [0.15, 0.2) is 58.3 Å². The van der Waals surface area contributed by atoms with Gasteiger partial charge in [-0.05, 0) is 19.1 Å². The van der Waals surface area contributed by atoms with E-state index in [1.54, 1.807) is 25.1 Å². The first-order valence-corrected chi connectivity index (χ1v) is 10.9. The molecular weight excluding hydrogens is 430 g/mol. The van der Waals surface area contributed by atoms with Gasteiger partial charge in [-0.15, -0.1) is 0 Å². The molecular formula is C23H17N3O5S. The lowest BCUT2D eigenvalue weighted by atomic mass is 9.81. The molecule has 32 heavy (non-hydrogen) atoms. The van der Waals surface area contributed by atoms with Crippen molar-refractivity contribution in [2.24, 2.45) is 10.9 Å². The van der Waals surface area contributed by atoms with Gasteiger partial charge in [0.2, 0.25) is 5.72 Å². The normalized spacial score (nSPS) is 26.1. The minimum Gasteiger partial charge on any atom is -0.469 e. The number of carbonyl (C=O) groups is 2. The van der Waals surface area contributed by atoms with Crippen LogP contribution >= 0.6 is 11.3 Å². The summed E-state index contributed by atoms with van der Waals surface area (Å²) in [5.74, 6) is -1.15. The molecule has 0 radical (unpaired) electrons. The first-order chi connectivity index (χ1) is 15.4. The highest BCUT2D eigenvalue weighted by Crippen LogP contribution is 2.47. The zero-order chi connectivity index (χ0) is 22.2. The molecule has 0 aliphatic carbocycles. The number of esters is 1. The van der Waals surface area contributed by atoms with Crippen LogP contribution in [-0.4, -0.2) is 29.3 Å². The first kappa shape index (κ1) is 19.0. The van der Waals surface area contributed by atoms with Crippen LogP contribution < -0.4 is 24.9 Å². The number of nitrogens with zero attached hydrogens (tertiary/aromatic N) is 2. The number of fused-ring (bicyclic) bond motifs is 7. The number of thiazole rings is 1. The summed E-state index contributed by atoms with van der Waals surface area (Å²) in [7, 11) is 1.31. The van der Waals surface area contributed by atoms with E-state index >= 15 is 0 Å². The molecule has 1 N–H and O–H groups in total. The number of ether oxygens (including phenoxy) is 2. The van der Waals surface area contributed by atoms with Crippen molar-refractivity contribution in [2.45, 2.75) is 18.7 Å². The van der Waals surface area contributed by atoms with Gasteiger partial charge >= 0.3 is 5.97 Å². The summed E-state index contributed by atoms with van der Waals surface area (Å²) in [6, 6.07) is 13.9. The van der Waals surface area contributed by atoms with Gasteiger partial charge in [0.1, 0.15) is 16.2 Å². The zero-order valence-electron chi connectivity index (χ0n) is 17.1. The Hall–Kier alpha value is -3.72. The number of carbonyl (C=O) groups excluding carboxylic acids is 2. The second kappa shape index (κ2) is 6.39. The van der Waals surface area contributed by atoms with Crippen LogP contribution in [-0.2, 0) is 14.3 Å². The molecule has 8 nitrogen and oxygen atoms in total. The summed E-state index contributed by atoms with van der Waals surface area (Å²) < 4.78 is 13.0. The van der Waals surface area contributed by atoms with Crippen LogP contribution in [0.2, 0.25) is 0 Å². The number of amides is 1. The molecule has 1 amide bonds. The fourth-order valence-corrected chi connectivity index (χ4v) is 6.02. The van der Waals surface area contributed by atoms with Crippen molar-refractivity contribution >= 4 is 34.5 Å². The molecule has 1 aromatic heterocycles. The lowest BCUT2D eigenvalue weighted by molar-refractivity contribution is -0.158. The number of nitrogens with one attached hydrogen (secondary N) is 1. The summed E-state index contributed by atoms with van der Waals surface area (Å²) in [5.41, 5.74) is 0.728. The number of hydrogen-bond donors (Lipinski definition) is 1. The molecule has 160 valence electrons. The highest BCUT2D eigenvalue weighted by Gasteiger charge is 2.55. The molecule has 0 saturated carbocycles. The van der Waals surface area contributed by atoms with E-state index in [0.29, 0.717) is 32.9 Å². The minimum atomic E-state index is -1.25. The molecule has 9 heteroatoms. The Morgan fingerprint density at radius 3 is 2.75 bits per heavy atom. The largest absolute Gasteiger partial charge is 0.469 e. The Morgan fingerprint density at radius 2 is 1.94 bits per heavy atom. The molecule has 4 heterocycles. The van der Waals surface area contributed by atoms with E-state index in [9.17, 15) is 14.4 Å². The number of methoxy groups -OCH3 is 1. The lowest BCUT2D eigenvalue weighted by Gasteiger charge is -2.44. The highest BCUT2D eigenvalue weighted by atomic mass is 32.1. The number of aromatic nitrogens is 1. The topological polar surface area (TPSA) is 99.0 Å². The maximum absolute atomic E-state index is 13.7. The zero-order valence-corrected chi connectivity index (χ0v) is 17.9. The standard InChI is InChI=1S/C23H17N3O5S/c1-23-16(21(29)30-2)17(12-8-4-6-10-14(12)31-23)26-20(28)18(32-22(26)25-23)15-11-7-3-5-9-13(11)24-19(15)27/h3-10,16-17H,1-2H3,(H,24,27)/b18-15+/t16-,17+,23+/m0/s1. The van der Waals surface area contributed by atoms with Gasteiger partial charge < -0.3 is 14.8 Å². The first-order valence-electron chi connectivity index (χ1n) is 10.0. The molecule has 0 fully saturated rings. The van der Waals surface area contributed by atoms with Crippen molar-refractivity contribution in [1.29, 1.82) is 0 Å². The van der Waals surface area contributed by atoms with Crippen molar-refractivity contribution in [3.8, 4) is 5.75 Å². The van der Waals surface area contributed by atoms with E-state index in [-0.39, 0.29) is 16.0 Å². The molecule has 3 atom stereocenters. The predicted molar refractivity (Wildman–Crippen MR) is 116 cm³/mol. The van der Waals surface area contributed by atoms with E-state index in [4.69, 9.17) is 14.5 Å². The molecule has 0 saturated heterocycles. The van der Waals surface area contributed by atoms with Crippen molar-refractivity contribution in [1.82, 2.24) is 4.57 Å². The Labute approximate surface area is 185 Å². The molecule has 3 aromatic rings. The van der Waals surface area contributed by atoms with Crippen molar-refractivity contribution < 1.29 is 19.1 Å². The predicted octanol–water partition coefficient (Wildman–Crippen LogP) is 1.18. The monoisotopic (exact) mass is 447 g/mol. The fourth-order valence-electron chi connectivity index (χ4n) is 4.82. The summed E-state index contributed by atoms with van der Waals surface area (Å²) in [4.78, 5) is 44.5. The van der Waals surface area contributed by atoms with Gasteiger partial charge in [0.15, 0.2) is 4.80 Å². The van der Waals surface area contributed by atoms with Gasteiger partial charge in [0.25, 0.3) is 11.5 Å². The number of anilines is 1. The molecule has 2 aromatic carbocycles. The Morgan fingerprint density at radius 1 is 1.19 bits per heavy atom. The Kier molecular flexibility index (Phi) is 3.80. The van der Waals surface area contributed by atoms with Crippen LogP contribution in [0.3, 0.4) is 0 Å². The van der Waals surface area contributed by atoms with Gasteiger partial charge in [-0.3, -0.25) is 19.0 Å². The molecule has 2 bridgehead atoms. The molecule has 6 rings (SSSR count).